The summed E-state index contributed by atoms with van der Waals surface area (Å²) in [4.78, 5) is 11.6. The standard InChI is InChI=1S/C15H22O4/c1-3-19-15(17)14(18-2)11-13-8-6-12(7-9-13)5-4-10-16/h6-9,14,16H,3-5,10-11H2,1-2H3/t14-/m0/s1. The SMILES string of the molecule is CCOC(=O)[C@H](Cc1ccc(CCCO)cc1)OC. The van der Waals surface area contributed by atoms with E-state index in [1.807, 2.05) is 24.3 Å². The van der Waals surface area contributed by atoms with E-state index >= 15 is 0 Å². The first-order valence-corrected chi connectivity index (χ1v) is 6.59. The summed E-state index contributed by atoms with van der Waals surface area (Å²) < 4.78 is 10.1. The number of hydrogen-bond acceptors (Lipinski definition) is 4. The fourth-order valence-electron chi connectivity index (χ4n) is 1.84. The van der Waals surface area contributed by atoms with E-state index in [4.69, 9.17) is 14.6 Å². The van der Waals surface area contributed by atoms with Gasteiger partial charge in [0, 0.05) is 20.1 Å². The van der Waals surface area contributed by atoms with E-state index in [1.54, 1.807) is 6.92 Å². The molecule has 0 aliphatic rings. The highest BCUT2D eigenvalue weighted by Gasteiger charge is 2.19. The summed E-state index contributed by atoms with van der Waals surface area (Å²) in [5, 5.41) is 8.78. The molecule has 0 amide bonds. The van der Waals surface area contributed by atoms with Gasteiger partial charge in [0.1, 0.15) is 0 Å². The lowest BCUT2D eigenvalue weighted by Crippen LogP contribution is -2.27. The molecule has 1 rings (SSSR count). The molecule has 4 nitrogen and oxygen atoms in total. The van der Waals surface area contributed by atoms with Crippen LogP contribution in [0.2, 0.25) is 0 Å². The van der Waals surface area contributed by atoms with Crippen molar-refractivity contribution >= 4 is 5.97 Å². The molecule has 0 bridgehead atoms. The van der Waals surface area contributed by atoms with Crippen LogP contribution in [0, 0.1) is 0 Å². The molecule has 0 fully saturated rings. The van der Waals surface area contributed by atoms with Crippen LogP contribution < -0.4 is 0 Å². The maximum atomic E-state index is 11.6. The second kappa shape index (κ2) is 8.67. The summed E-state index contributed by atoms with van der Waals surface area (Å²) in [7, 11) is 1.51. The van der Waals surface area contributed by atoms with Gasteiger partial charge in [0.2, 0.25) is 0 Å². The van der Waals surface area contributed by atoms with Crippen LogP contribution in [0.3, 0.4) is 0 Å². The molecule has 0 aromatic heterocycles. The van der Waals surface area contributed by atoms with Crippen LogP contribution >= 0.6 is 0 Å². The maximum absolute atomic E-state index is 11.6. The van der Waals surface area contributed by atoms with Gasteiger partial charge in [-0.1, -0.05) is 24.3 Å². The molecule has 0 unspecified atom stereocenters. The number of hydrogen-bond donors (Lipinski definition) is 1. The van der Waals surface area contributed by atoms with E-state index in [-0.39, 0.29) is 12.6 Å². The summed E-state index contributed by atoms with van der Waals surface area (Å²) in [6.07, 6.45) is 1.59. The second-order valence-corrected chi connectivity index (χ2v) is 4.32. The third-order valence-electron chi connectivity index (χ3n) is 2.90. The van der Waals surface area contributed by atoms with Gasteiger partial charge in [-0.3, -0.25) is 0 Å². The Hall–Kier alpha value is -1.39. The molecule has 0 saturated carbocycles. The summed E-state index contributed by atoms with van der Waals surface area (Å²) in [5.41, 5.74) is 2.22. The highest BCUT2D eigenvalue weighted by molar-refractivity contribution is 5.75. The van der Waals surface area contributed by atoms with Crippen molar-refractivity contribution in [3.8, 4) is 0 Å². The van der Waals surface area contributed by atoms with Gasteiger partial charge in [0.05, 0.1) is 6.61 Å². The molecule has 0 spiro atoms. The van der Waals surface area contributed by atoms with E-state index in [2.05, 4.69) is 0 Å². The van der Waals surface area contributed by atoms with Crippen LogP contribution in [0.5, 0.6) is 0 Å². The molecule has 19 heavy (non-hydrogen) atoms. The van der Waals surface area contributed by atoms with Crippen LogP contribution in [-0.4, -0.2) is 37.5 Å². The van der Waals surface area contributed by atoms with Crippen molar-refractivity contribution in [1.29, 1.82) is 0 Å². The topological polar surface area (TPSA) is 55.8 Å². The average molecular weight is 266 g/mol. The number of methoxy groups -OCH3 is 1. The molecule has 1 aromatic rings. The van der Waals surface area contributed by atoms with Crippen LogP contribution in [0.15, 0.2) is 24.3 Å². The Bertz CT molecular complexity index is 372. The van der Waals surface area contributed by atoms with Gasteiger partial charge in [-0.2, -0.15) is 0 Å². The molecule has 1 N–H and O–H groups in total. The number of aliphatic hydroxyl groups excluding tert-OH is 1. The molecule has 4 heteroatoms. The number of carbonyl (C=O) groups is 1. The van der Waals surface area contributed by atoms with Gasteiger partial charge in [-0.25, -0.2) is 4.79 Å². The molecule has 0 radical (unpaired) electrons. The zero-order chi connectivity index (χ0) is 14.1. The van der Waals surface area contributed by atoms with Crippen molar-refractivity contribution in [2.45, 2.75) is 32.3 Å². The predicted molar refractivity (Wildman–Crippen MR) is 73.0 cm³/mol. The van der Waals surface area contributed by atoms with Crippen LogP contribution in [0.4, 0.5) is 0 Å². The van der Waals surface area contributed by atoms with Crippen LogP contribution in [-0.2, 0) is 27.1 Å². The van der Waals surface area contributed by atoms with Crippen molar-refractivity contribution in [2.75, 3.05) is 20.3 Å². The molecule has 0 aliphatic carbocycles. The van der Waals surface area contributed by atoms with Crippen LogP contribution in [0.1, 0.15) is 24.5 Å². The van der Waals surface area contributed by atoms with Gasteiger partial charge in [0.25, 0.3) is 0 Å². The van der Waals surface area contributed by atoms with Crippen molar-refractivity contribution < 1.29 is 19.4 Å². The largest absolute Gasteiger partial charge is 0.464 e. The summed E-state index contributed by atoms with van der Waals surface area (Å²) in [6, 6.07) is 8.00. The normalized spacial score (nSPS) is 12.2. The second-order valence-electron chi connectivity index (χ2n) is 4.32. The van der Waals surface area contributed by atoms with Crippen molar-refractivity contribution in [3.05, 3.63) is 35.4 Å². The number of aryl methyl sites for hydroxylation is 1. The zero-order valence-electron chi connectivity index (χ0n) is 11.6. The average Bonchev–Trinajstić information content (AvgIpc) is 2.44. The van der Waals surface area contributed by atoms with E-state index in [1.165, 1.54) is 12.7 Å². The van der Waals surface area contributed by atoms with Gasteiger partial charge in [-0.15, -0.1) is 0 Å². The maximum Gasteiger partial charge on any atom is 0.335 e. The number of aliphatic hydroxyl groups is 1. The number of rotatable bonds is 8. The smallest absolute Gasteiger partial charge is 0.335 e. The number of ether oxygens (including phenoxy) is 2. The molecule has 1 atom stereocenters. The first kappa shape index (κ1) is 15.7. The molecule has 0 heterocycles. The highest BCUT2D eigenvalue weighted by atomic mass is 16.6. The van der Waals surface area contributed by atoms with Crippen molar-refractivity contribution in [2.24, 2.45) is 0 Å². The molecule has 0 saturated heterocycles. The van der Waals surface area contributed by atoms with Gasteiger partial charge >= 0.3 is 5.97 Å². The minimum Gasteiger partial charge on any atom is -0.464 e. The third kappa shape index (κ3) is 5.41. The number of benzene rings is 1. The van der Waals surface area contributed by atoms with Crippen molar-refractivity contribution in [3.63, 3.8) is 0 Å². The minimum absolute atomic E-state index is 0.205. The first-order chi connectivity index (χ1) is 9.21. The third-order valence-corrected chi connectivity index (χ3v) is 2.90. The minimum atomic E-state index is -0.553. The molecule has 1 aromatic carbocycles. The van der Waals surface area contributed by atoms with E-state index < -0.39 is 6.10 Å². The van der Waals surface area contributed by atoms with E-state index in [9.17, 15) is 4.79 Å². The van der Waals surface area contributed by atoms with Gasteiger partial charge in [0.15, 0.2) is 6.10 Å². The monoisotopic (exact) mass is 266 g/mol. The van der Waals surface area contributed by atoms with Crippen molar-refractivity contribution in [1.82, 2.24) is 0 Å². The Labute approximate surface area is 114 Å². The number of esters is 1. The Morgan fingerprint density at radius 2 is 1.89 bits per heavy atom. The fourth-order valence-corrected chi connectivity index (χ4v) is 1.84. The quantitative estimate of drug-likeness (QED) is 0.728. The summed E-state index contributed by atoms with van der Waals surface area (Å²) >= 11 is 0. The van der Waals surface area contributed by atoms with E-state index in [0.29, 0.717) is 13.0 Å². The Kier molecular flexibility index (Phi) is 7.15. The lowest BCUT2D eigenvalue weighted by Gasteiger charge is -2.14. The molecular formula is C15H22O4. The Balaban J connectivity index is 2.57. The fraction of sp³-hybridized carbons (Fsp3) is 0.533. The lowest BCUT2D eigenvalue weighted by atomic mass is 10.0. The number of carbonyl (C=O) groups excluding carboxylic acids is 1. The first-order valence-electron chi connectivity index (χ1n) is 6.59. The van der Waals surface area contributed by atoms with Gasteiger partial charge < -0.3 is 14.6 Å². The lowest BCUT2D eigenvalue weighted by molar-refractivity contribution is -0.154. The van der Waals surface area contributed by atoms with Gasteiger partial charge in [-0.05, 0) is 30.9 Å². The Morgan fingerprint density at radius 1 is 1.26 bits per heavy atom. The van der Waals surface area contributed by atoms with E-state index in [0.717, 1.165) is 18.4 Å². The summed E-state index contributed by atoms with van der Waals surface area (Å²) in [6.45, 7) is 2.34. The summed E-state index contributed by atoms with van der Waals surface area (Å²) in [5.74, 6) is -0.325. The zero-order valence-corrected chi connectivity index (χ0v) is 11.6. The highest BCUT2D eigenvalue weighted by Crippen LogP contribution is 2.11. The molecule has 106 valence electrons. The molecule has 0 aliphatic heterocycles. The molecular weight excluding hydrogens is 244 g/mol. The predicted octanol–water partition coefficient (Wildman–Crippen LogP) is 1.73. The van der Waals surface area contributed by atoms with Crippen LogP contribution in [0.25, 0.3) is 0 Å². The Morgan fingerprint density at radius 3 is 2.42 bits per heavy atom.